The summed E-state index contributed by atoms with van der Waals surface area (Å²) in [6.45, 7) is 0. The number of nitrogens with zero attached hydrogens (tertiary/aromatic N) is 2. The Kier molecular flexibility index (Phi) is 2.23. The van der Waals surface area contributed by atoms with Crippen LogP contribution in [-0.4, -0.2) is 16.7 Å². The Morgan fingerprint density at radius 3 is 2.57 bits per heavy atom. The number of hydrogen-bond acceptors (Lipinski definition) is 2. The van der Waals surface area contributed by atoms with Crippen LogP contribution in [0.25, 0.3) is 11.3 Å². The number of hydrogen-bond donors (Lipinski definition) is 0. The fraction of sp³-hybridized carbons (Fsp3) is 0.182. The molecule has 3 heteroatoms. The predicted octanol–water partition coefficient (Wildman–Crippen LogP) is 2.10. The summed E-state index contributed by atoms with van der Waals surface area (Å²) in [6, 6.07) is 10.0. The van der Waals surface area contributed by atoms with Gasteiger partial charge in [-0.05, 0) is 0 Å². The molecule has 0 fully saturated rings. The molecule has 0 amide bonds. The summed E-state index contributed by atoms with van der Waals surface area (Å²) in [7, 11) is 3.57. The second-order valence-electron chi connectivity index (χ2n) is 3.08. The molecule has 2 aromatic rings. The molecule has 0 N–H and O–H groups in total. The van der Waals surface area contributed by atoms with Crippen LogP contribution in [0.5, 0.6) is 5.88 Å². The third-order valence-electron chi connectivity index (χ3n) is 2.12. The Balaban J connectivity index is 2.52. The topological polar surface area (TPSA) is 27.1 Å². The average Bonchev–Trinajstić information content (AvgIpc) is 2.61. The Bertz CT molecular complexity index is 420. The van der Waals surface area contributed by atoms with Gasteiger partial charge < -0.3 is 9.30 Å². The van der Waals surface area contributed by atoms with Crippen molar-refractivity contribution in [2.45, 2.75) is 0 Å². The van der Waals surface area contributed by atoms with Crippen molar-refractivity contribution in [3.63, 3.8) is 0 Å². The Morgan fingerprint density at radius 1 is 1.21 bits per heavy atom. The van der Waals surface area contributed by atoms with Crippen molar-refractivity contribution >= 4 is 0 Å². The van der Waals surface area contributed by atoms with Gasteiger partial charge in [-0.2, -0.15) is 0 Å². The van der Waals surface area contributed by atoms with Gasteiger partial charge in [0.15, 0.2) is 0 Å². The smallest absolute Gasteiger partial charge is 0.221 e. The minimum Gasteiger partial charge on any atom is -0.481 e. The van der Waals surface area contributed by atoms with E-state index in [1.54, 1.807) is 13.4 Å². The molecule has 0 aliphatic carbocycles. The van der Waals surface area contributed by atoms with E-state index in [1.807, 2.05) is 41.9 Å². The van der Waals surface area contributed by atoms with Crippen molar-refractivity contribution in [1.29, 1.82) is 0 Å². The van der Waals surface area contributed by atoms with E-state index in [0.29, 0.717) is 0 Å². The minimum atomic E-state index is 0.788. The van der Waals surface area contributed by atoms with Crippen molar-refractivity contribution < 1.29 is 4.74 Å². The van der Waals surface area contributed by atoms with Gasteiger partial charge in [0.2, 0.25) is 5.88 Å². The number of benzene rings is 1. The lowest BCUT2D eigenvalue weighted by Gasteiger charge is -2.03. The zero-order chi connectivity index (χ0) is 9.97. The van der Waals surface area contributed by atoms with Crippen molar-refractivity contribution in [1.82, 2.24) is 9.55 Å². The molecule has 0 aliphatic heterocycles. The van der Waals surface area contributed by atoms with Gasteiger partial charge >= 0.3 is 0 Å². The van der Waals surface area contributed by atoms with Gasteiger partial charge in [0, 0.05) is 12.6 Å². The third kappa shape index (κ3) is 1.37. The number of rotatable bonds is 2. The van der Waals surface area contributed by atoms with Gasteiger partial charge in [-0.25, -0.2) is 4.98 Å². The Hall–Kier alpha value is -1.77. The first kappa shape index (κ1) is 8.81. The number of imidazole rings is 1. The number of methoxy groups -OCH3 is 1. The van der Waals surface area contributed by atoms with Gasteiger partial charge in [-0.1, -0.05) is 30.3 Å². The van der Waals surface area contributed by atoms with Gasteiger partial charge in [0.1, 0.15) is 5.69 Å². The molecule has 2 rings (SSSR count). The molecule has 1 aromatic carbocycles. The highest BCUT2D eigenvalue weighted by atomic mass is 16.5. The second kappa shape index (κ2) is 3.54. The zero-order valence-electron chi connectivity index (χ0n) is 8.27. The van der Waals surface area contributed by atoms with E-state index in [1.165, 1.54) is 0 Å². The molecule has 1 aromatic heterocycles. The fourth-order valence-corrected chi connectivity index (χ4v) is 1.45. The average molecular weight is 188 g/mol. The van der Waals surface area contributed by atoms with Crippen LogP contribution in [-0.2, 0) is 7.05 Å². The van der Waals surface area contributed by atoms with Crippen LogP contribution in [0.2, 0.25) is 0 Å². The summed E-state index contributed by atoms with van der Waals surface area (Å²) in [5, 5.41) is 0. The number of aromatic nitrogens is 2. The molecule has 1 heterocycles. The highest BCUT2D eigenvalue weighted by Gasteiger charge is 2.10. The molecule has 14 heavy (non-hydrogen) atoms. The SMILES string of the molecule is COc1c(-c2ccccc2)ncn1C. The first-order valence-corrected chi connectivity index (χ1v) is 4.43. The number of aryl methyl sites for hydroxylation is 1. The molecule has 0 saturated heterocycles. The maximum absolute atomic E-state index is 5.27. The van der Waals surface area contributed by atoms with Crippen molar-refractivity contribution in [3.8, 4) is 17.1 Å². The molecule has 0 radical (unpaired) electrons. The summed E-state index contributed by atoms with van der Waals surface area (Å²) in [5.41, 5.74) is 1.96. The molecule has 0 unspecified atom stereocenters. The van der Waals surface area contributed by atoms with Gasteiger partial charge in [-0.15, -0.1) is 0 Å². The van der Waals surface area contributed by atoms with E-state index in [-0.39, 0.29) is 0 Å². The summed E-state index contributed by atoms with van der Waals surface area (Å²) < 4.78 is 7.13. The normalized spacial score (nSPS) is 10.1. The van der Waals surface area contributed by atoms with Gasteiger partial charge in [0.05, 0.1) is 13.4 Å². The number of ether oxygens (including phenoxy) is 1. The standard InChI is InChI=1S/C11H12N2O/c1-13-8-12-10(11(13)14-2)9-6-4-3-5-7-9/h3-8H,1-2H3. The summed E-state index contributed by atoms with van der Waals surface area (Å²) in [5.74, 6) is 0.788. The highest BCUT2D eigenvalue weighted by Crippen LogP contribution is 2.26. The van der Waals surface area contributed by atoms with Crippen LogP contribution in [0, 0.1) is 0 Å². The molecule has 0 saturated carbocycles. The van der Waals surface area contributed by atoms with Crippen molar-refractivity contribution in [2.24, 2.45) is 7.05 Å². The Labute approximate surface area is 83.0 Å². The fourth-order valence-electron chi connectivity index (χ4n) is 1.45. The lowest BCUT2D eigenvalue weighted by molar-refractivity contribution is 0.384. The summed E-state index contributed by atoms with van der Waals surface area (Å²) >= 11 is 0. The maximum Gasteiger partial charge on any atom is 0.221 e. The van der Waals surface area contributed by atoms with E-state index in [0.717, 1.165) is 17.1 Å². The maximum atomic E-state index is 5.27. The summed E-state index contributed by atoms with van der Waals surface area (Å²) in [6.07, 6.45) is 1.75. The zero-order valence-corrected chi connectivity index (χ0v) is 8.27. The molecule has 72 valence electrons. The molecule has 0 bridgehead atoms. The van der Waals surface area contributed by atoms with Crippen LogP contribution < -0.4 is 4.74 Å². The first-order chi connectivity index (χ1) is 6.83. The van der Waals surface area contributed by atoms with Crippen molar-refractivity contribution in [2.75, 3.05) is 7.11 Å². The monoisotopic (exact) mass is 188 g/mol. The van der Waals surface area contributed by atoms with Crippen LogP contribution in [0.3, 0.4) is 0 Å². The van der Waals surface area contributed by atoms with Crippen LogP contribution >= 0.6 is 0 Å². The predicted molar refractivity (Wildman–Crippen MR) is 55.2 cm³/mol. The van der Waals surface area contributed by atoms with Crippen LogP contribution in [0.4, 0.5) is 0 Å². The lowest BCUT2D eigenvalue weighted by atomic mass is 10.2. The third-order valence-corrected chi connectivity index (χ3v) is 2.12. The summed E-state index contributed by atoms with van der Waals surface area (Å²) in [4.78, 5) is 4.29. The molecule has 3 nitrogen and oxygen atoms in total. The first-order valence-electron chi connectivity index (χ1n) is 4.43. The van der Waals surface area contributed by atoms with E-state index in [2.05, 4.69) is 4.98 Å². The van der Waals surface area contributed by atoms with E-state index >= 15 is 0 Å². The largest absolute Gasteiger partial charge is 0.481 e. The molecular formula is C11H12N2O. The second-order valence-corrected chi connectivity index (χ2v) is 3.08. The lowest BCUT2D eigenvalue weighted by Crippen LogP contribution is -1.93. The highest BCUT2D eigenvalue weighted by molar-refractivity contribution is 5.64. The van der Waals surface area contributed by atoms with Crippen LogP contribution in [0.1, 0.15) is 0 Å². The molecule has 0 spiro atoms. The van der Waals surface area contributed by atoms with E-state index in [9.17, 15) is 0 Å². The van der Waals surface area contributed by atoms with Gasteiger partial charge in [0.25, 0.3) is 0 Å². The minimum absolute atomic E-state index is 0.788. The van der Waals surface area contributed by atoms with Crippen LogP contribution in [0.15, 0.2) is 36.7 Å². The van der Waals surface area contributed by atoms with Crippen molar-refractivity contribution in [3.05, 3.63) is 36.7 Å². The quantitative estimate of drug-likeness (QED) is 0.721. The van der Waals surface area contributed by atoms with E-state index < -0.39 is 0 Å². The molecule has 0 aliphatic rings. The molecular weight excluding hydrogens is 176 g/mol. The van der Waals surface area contributed by atoms with E-state index in [4.69, 9.17) is 4.74 Å². The Morgan fingerprint density at radius 2 is 1.93 bits per heavy atom. The van der Waals surface area contributed by atoms with Gasteiger partial charge in [-0.3, -0.25) is 0 Å². The molecule has 0 atom stereocenters.